The van der Waals surface area contributed by atoms with Crippen LogP contribution in [0, 0.1) is 5.92 Å². The van der Waals surface area contributed by atoms with Crippen molar-refractivity contribution in [3.05, 3.63) is 0 Å². The van der Waals surface area contributed by atoms with Crippen LogP contribution < -0.4 is 11.1 Å². The van der Waals surface area contributed by atoms with Crippen LogP contribution in [0.1, 0.15) is 33.1 Å². The van der Waals surface area contributed by atoms with E-state index in [1.807, 2.05) is 6.92 Å². The minimum absolute atomic E-state index is 0.0503. The predicted molar refractivity (Wildman–Crippen MR) is 50.8 cm³/mol. The molecule has 0 aliphatic heterocycles. The van der Waals surface area contributed by atoms with Crippen molar-refractivity contribution in [2.75, 3.05) is 13.1 Å². The Morgan fingerprint density at radius 1 is 1.42 bits per heavy atom. The van der Waals surface area contributed by atoms with Gasteiger partial charge >= 0.3 is 0 Å². The molecule has 0 aliphatic carbocycles. The standard InChI is InChI=1S/C9H20N2O/c1-3-6-11-7-5-8(4-2)9(10)12/h8,11H,3-7H2,1-2H3,(H2,10,12). The molecule has 3 nitrogen and oxygen atoms in total. The SMILES string of the molecule is CCCNCCC(CC)C(N)=O. The second-order valence-corrected chi connectivity index (χ2v) is 3.05. The Kier molecular flexibility index (Phi) is 6.76. The Bertz CT molecular complexity index is 126. The average molecular weight is 172 g/mol. The fourth-order valence-electron chi connectivity index (χ4n) is 1.13. The van der Waals surface area contributed by atoms with Crippen molar-refractivity contribution in [3.63, 3.8) is 0 Å². The Morgan fingerprint density at radius 3 is 2.50 bits per heavy atom. The summed E-state index contributed by atoms with van der Waals surface area (Å²) in [6.07, 6.45) is 2.85. The molecule has 1 amide bonds. The number of amides is 1. The summed E-state index contributed by atoms with van der Waals surface area (Å²) >= 11 is 0. The van der Waals surface area contributed by atoms with Gasteiger partial charge in [-0.15, -0.1) is 0 Å². The van der Waals surface area contributed by atoms with Gasteiger partial charge < -0.3 is 11.1 Å². The molecule has 0 rings (SSSR count). The molecule has 0 bridgehead atoms. The summed E-state index contributed by atoms with van der Waals surface area (Å²) in [4.78, 5) is 10.8. The molecule has 3 N–H and O–H groups in total. The molecule has 3 heteroatoms. The summed E-state index contributed by atoms with van der Waals surface area (Å²) < 4.78 is 0. The molecule has 1 unspecified atom stereocenters. The third-order valence-electron chi connectivity index (χ3n) is 1.99. The normalized spacial score (nSPS) is 12.8. The average Bonchev–Trinajstić information content (AvgIpc) is 2.04. The molecular formula is C9H20N2O. The number of carbonyl (C=O) groups excluding carboxylic acids is 1. The fourth-order valence-corrected chi connectivity index (χ4v) is 1.13. The lowest BCUT2D eigenvalue weighted by atomic mass is 10.0. The number of nitrogens with two attached hydrogens (primary N) is 1. The number of hydrogen-bond donors (Lipinski definition) is 2. The summed E-state index contributed by atoms with van der Waals surface area (Å²) in [5.74, 6) is -0.120. The van der Waals surface area contributed by atoms with Gasteiger partial charge in [-0.1, -0.05) is 13.8 Å². The quantitative estimate of drug-likeness (QED) is 0.560. The zero-order valence-corrected chi connectivity index (χ0v) is 8.10. The maximum absolute atomic E-state index is 10.8. The molecule has 0 heterocycles. The lowest BCUT2D eigenvalue weighted by Gasteiger charge is -2.10. The third-order valence-corrected chi connectivity index (χ3v) is 1.99. The van der Waals surface area contributed by atoms with Gasteiger partial charge in [0.25, 0.3) is 0 Å². The molecule has 0 aromatic heterocycles. The van der Waals surface area contributed by atoms with Gasteiger partial charge in [-0.25, -0.2) is 0 Å². The van der Waals surface area contributed by atoms with Crippen molar-refractivity contribution in [2.24, 2.45) is 11.7 Å². The van der Waals surface area contributed by atoms with Crippen LogP contribution in [0.15, 0.2) is 0 Å². The predicted octanol–water partition coefficient (Wildman–Crippen LogP) is 0.888. The monoisotopic (exact) mass is 172 g/mol. The first-order valence-electron chi connectivity index (χ1n) is 4.72. The smallest absolute Gasteiger partial charge is 0.220 e. The van der Waals surface area contributed by atoms with Gasteiger partial charge in [-0.3, -0.25) is 4.79 Å². The van der Waals surface area contributed by atoms with E-state index in [0.29, 0.717) is 0 Å². The molecule has 0 spiro atoms. The van der Waals surface area contributed by atoms with Gasteiger partial charge in [0.15, 0.2) is 0 Å². The minimum atomic E-state index is -0.171. The summed E-state index contributed by atoms with van der Waals surface area (Å²) in [7, 11) is 0. The molecule has 0 aliphatic rings. The summed E-state index contributed by atoms with van der Waals surface area (Å²) in [6, 6.07) is 0. The molecule has 0 saturated carbocycles. The Labute approximate surface area is 74.7 Å². The number of primary amides is 1. The van der Waals surface area contributed by atoms with E-state index in [-0.39, 0.29) is 11.8 Å². The first kappa shape index (κ1) is 11.4. The van der Waals surface area contributed by atoms with E-state index in [1.54, 1.807) is 0 Å². The van der Waals surface area contributed by atoms with E-state index < -0.39 is 0 Å². The highest BCUT2D eigenvalue weighted by molar-refractivity contribution is 5.76. The highest BCUT2D eigenvalue weighted by Crippen LogP contribution is 2.05. The molecule has 0 saturated heterocycles. The van der Waals surface area contributed by atoms with Crippen molar-refractivity contribution in [1.82, 2.24) is 5.32 Å². The molecule has 0 aromatic carbocycles. The Balaban J connectivity index is 3.38. The van der Waals surface area contributed by atoms with E-state index in [2.05, 4.69) is 12.2 Å². The van der Waals surface area contributed by atoms with Crippen molar-refractivity contribution in [3.8, 4) is 0 Å². The van der Waals surface area contributed by atoms with E-state index in [1.165, 1.54) is 0 Å². The number of rotatable bonds is 7. The van der Waals surface area contributed by atoms with Crippen LogP contribution in [0.5, 0.6) is 0 Å². The van der Waals surface area contributed by atoms with Gasteiger partial charge in [0.2, 0.25) is 5.91 Å². The van der Waals surface area contributed by atoms with Crippen molar-refractivity contribution in [1.29, 1.82) is 0 Å². The van der Waals surface area contributed by atoms with Crippen LogP contribution in [0.3, 0.4) is 0 Å². The Hall–Kier alpha value is -0.570. The number of nitrogens with one attached hydrogen (secondary N) is 1. The van der Waals surface area contributed by atoms with E-state index >= 15 is 0 Å². The van der Waals surface area contributed by atoms with Crippen LogP contribution >= 0.6 is 0 Å². The van der Waals surface area contributed by atoms with Crippen molar-refractivity contribution >= 4 is 5.91 Å². The molecule has 72 valence electrons. The van der Waals surface area contributed by atoms with Crippen LogP contribution in [-0.4, -0.2) is 19.0 Å². The van der Waals surface area contributed by atoms with Crippen LogP contribution in [0.2, 0.25) is 0 Å². The van der Waals surface area contributed by atoms with Gasteiger partial charge in [0.05, 0.1) is 0 Å². The van der Waals surface area contributed by atoms with Crippen LogP contribution in [0.4, 0.5) is 0 Å². The van der Waals surface area contributed by atoms with Crippen LogP contribution in [-0.2, 0) is 4.79 Å². The highest BCUT2D eigenvalue weighted by Gasteiger charge is 2.11. The highest BCUT2D eigenvalue weighted by atomic mass is 16.1. The number of hydrogen-bond acceptors (Lipinski definition) is 2. The zero-order valence-electron chi connectivity index (χ0n) is 8.10. The first-order chi connectivity index (χ1) is 5.72. The van der Waals surface area contributed by atoms with E-state index in [4.69, 9.17) is 5.73 Å². The topological polar surface area (TPSA) is 55.1 Å². The molecule has 1 atom stereocenters. The van der Waals surface area contributed by atoms with Gasteiger partial charge in [0, 0.05) is 5.92 Å². The lowest BCUT2D eigenvalue weighted by Crippen LogP contribution is -2.27. The zero-order chi connectivity index (χ0) is 9.40. The van der Waals surface area contributed by atoms with Crippen molar-refractivity contribution < 1.29 is 4.79 Å². The van der Waals surface area contributed by atoms with Gasteiger partial charge in [-0.05, 0) is 32.4 Å². The maximum atomic E-state index is 10.8. The lowest BCUT2D eigenvalue weighted by molar-refractivity contribution is -0.122. The Morgan fingerprint density at radius 2 is 2.08 bits per heavy atom. The first-order valence-corrected chi connectivity index (χ1v) is 4.72. The fraction of sp³-hybridized carbons (Fsp3) is 0.889. The number of carbonyl (C=O) groups is 1. The minimum Gasteiger partial charge on any atom is -0.369 e. The van der Waals surface area contributed by atoms with Crippen molar-refractivity contribution in [2.45, 2.75) is 33.1 Å². The summed E-state index contributed by atoms with van der Waals surface area (Å²) in [6.45, 7) is 6.04. The second kappa shape index (κ2) is 7.10. The van der Waals surface area contributed by atoms with E-state index in [0.717, 1.165) is 32.4 Å². The molecule has 0 aromatic rings. The van der Waals surface area contributed by atoms with Gasteiger partial charge in [-0.2, -0.15) is 0 Å². The van der Waals surface area contributed by atoms with E-state index in [9.17, 15) is 4.79 Å². The van der Waals surface area contributed by atoms with Gasteiger partial charge in [0.1, 0.15) is 0 Å². The molecule has 12 heavy (non-hydrogen) atoms. The summed E-state index contributed by atoms with van der Waals surface area (Å²) in [5.41, 5.74) is 5.20. The molecular weight excluding hydrogens is 152 g/mol. The second-order valence-electron chi connectivity index (χ2n) is 3.05. The molecule has 0 radical (unpaired) electrons. The maximum Gasteiger partial charge on any atom is 0.220 e. The van der Waals surface area contributed by atoms with Crippen LogP contribution in [0.25, 0.3) is 0 Å². The molecule has 0 fully saturated rings. The summed E-state index contributed by atoms with van der Waals surface area (Å²) in [5, 5.41) is 3.25. The third kappa shape index (κ3) is 5.13. The largest absolute Gasteiger partial charge is 0.369 e.